The zero-order valence-corrected chi connectivity index (χ0v) is 18.8. The number of carbonyl (C=O) groups excluding carboxylic acids is 2. The molecule has 32 heavy (non-hydrogen) atoms. The number of amides is 2. The lowest BCUT2D eigenvalue weighted by Crippen LogP contribution is -2.45. The Kier molecular flexibility index (Phi) is 6.74. The monoisotopic (exact) mass is 437 g/mol. The third-order valence-electron chi connectivity index (χ3n) is 6.70. The molecule has 1 aromatic heterocycles. The van der Waals surface area contributed by atoms with Crippen molar-refractivity contribution in [3.63, 3.8) is 0 Å². The molecular formula is C25H31N3O4. The van der Waals surface area contributed by atoms with Crippen LogP contribution in [-0.2, 0) is 35.5 Å². The van der Waals surface area contributed by atoms with Crippen molar-refractivity contribution < 1.29 is 14.3 Å². The van der Waals surface area contributed by atoms with Crippen LogP contribution >= 0.6 is 0 Å². The SMILES string of the molecule is CO[C@@H]1CCC[C@H]1NC(=O)c1c2c(cn(CCc3ccccc3)c1=O)CN(C(C)=O)CC2. The summed E-state index contributed by atoms with van der Waals surface area (Å²) in [4.78, 5) is 40.5. The maximum Gasteiger partial charge on any atom is 0.263 e. The minimum atomic E-state index is -0.328. The Morgan fingerprint density at radius 1 is 1.19 bits per heavy atom. The summed E-state index contributed by atoms with van der Waals surface area (Å²) < 4.78 is 7.14. The van der Waals surface area contributed by atoms with Gasteiger partial charge in [0.2, 0.25) is 5.91 Å². The second kappa shape index (κ2) is 9.69. The Hall–Kier alpha value is -2.93. The Morgan fingerprint density at radius 2 is 1.97 bits per heavy atom. The summed E-state index contributed by atoms with van der Waals surface area (Å²) in [6.07, 6.45) is 5.75. The van der Waals surface area contributed by atoms with Gasteiger partial charge in [0.1, 0.15) is 5.56 Å². The lowest BCUT2D eigenvalue weighted by atomic mass is 9.95. The fraction of sp³-hybridized carbons (Fsp3) is 0.480. The Morgan fingerprint density at radius 3 is 2.69 bits per heavy atom. The van der Waals surface area contributed by atoms with Gasteiger partial charge in [0.25, 0.3) is 11.5 Å². The molecule has 1 aliphatic carbocycles. The summed E-state index contributed by atoms with van der Waals surface area (Å²) in [6, 6.07) is 9.88. The van der Waals surface area contributed by atoms with Crippen molar-refractivity contribution in [2.24, 2.45) is 0 Å². The molecule has 1 aromatic carbocycles. The van der Waals surface area contributed by atoms with Crippen molar-refractivity contribution in [2.45, 2.75) is 64.3 Å². The lowest BCUT2D eigenvalue weighted by Gasteiger charge is -2.30. The lowest BCUT2D eigenvalue weighted by molar-refractivity contribution is -0.129. The third kappa shape index (κ3) is 4.63. The minimum Gasteiger partial charge on any atom is -0.379 e. The van der Waals surface area contributed by atoms with Gasteiger partial charge < -0.3 is 19.5 Å². The maximum atomic E-state index is 13.4. The van der Waals surface area contributed by atoms with Gasteiger partial charge in [-0.15, -0.1) is 0 Å². The van der Waals surface area contributed by atoms with Crippen LogP contribution in [0.1, 0.15) is 53.2 Å². The van der Waals surface area contributed by atoms with E-state index in [2.05, 4.69) is 5.32 Å². The number of hydrogen-bond acceptors (Lipinski definition) is 4. The van der Waals surface area contributed by atoms with Gasteiger partial charge in [0.15, 0.2) is 0 Å². The first-order chi connectivity index (χ1) is 15.5. The number of fused-ring (bicyclic) bond motifs is 1. The molecule has 1 aliphatic heterocycles. The molecule has 7 heteroatoms. The molecule has 7 nitrogen and oxygen atoms in total. The number of methoxy groups -OCH3 is 1. The van der Waals surface area contributed by atoms with Gasteiger partial charge >= 0.3 is 0 Å². The number of aryl methyl sites for hydroxylation is 2. The van der Waals surface area contributed by atoms with Crippen LogP contribution < -0.4 is 10.9 Å². The zero-order chi connectivity index (χ0) is 22.7. The fourth-order valence-electron chi connectivity index (χ4n) is 4.89. The minimum absolute atomic E-state index is 0.00224. The third-order valence-corrected chi connectivity index (χ3v) is 6.70. The molecule has 2 aromatic rings. The van der Waals surface area contributed by atoms with Gasteiger partial charge in [0, 0.05) is 39.9 Å². The number of rotatable bonds is 6. The molecule has 0 saturated heterocycles. The van der Waals surface area contributed by atoms with Gasteiger partial charge in [-0.1, -0.05) is 30.3 Å². The molecule has 0 radical (unpaired) electrons. The van der Waals surface area contributed by atoms with Crippen molar-refractivity contribution in [1.29, 1.82) is 0 Å². The number of nitrogens with one attached hydrogen (secondary N) is 1. The molecule has 0 unspecified atom stereocenters. The van der Waals surface area contributed by atoms with Crippen LogP contribution in [0.2, 0.25) is 0 Å². The van der Waals surface area contributed by atoms with Gasteiger partial charge in [-0.2, -0.15) is 0 Å². The van der Waals surface area contributed by atoms with Crippen molar-refractivity contribution in [1.82, 2.24) is 14.8 Å². The van der Waals surface area contributed by atoms with Crippen LogP contribution in [0.4, 0.5) is 0 Å². The normalized spacial score (nSPS) is 20.1. The van der Waals surface area contributed by atoms with Gasteiger partial charge in [-0.05, 0) is 48.8 Å². The van der Waals surface area contributed by atoms with E-state index in [-0.39, 0.29) is 35.1 Å². The van der Waals surface area contributed by atoms with Gasteiger partial charge in [0.05, 0.1) is 12.1 Å². The van der Waals surface area contributed by atoms with Crippen LogP contribution in [0.3, 0.4) is 0 Å². The smallest absolute Gasteiger partial charge is 0.263 e. The quantitative estimate of drug-likeness (QED) is 0.752. The number of benzene rings is 1. The summed E-state index contributed by atoms with van der Waals surface area (Å²) in [5, 5.41) is 3.06. The molecule has 2 amide bonds. The van der Waals surface area contributed by atoms with Gasteiger partial charge in [-0.25, -0.2) is 0 Å². The molecule has 1 N–H and O–H groups in total. The standard InChI is InChI=1S/C25H31N3O4/c1-17(29)27-14-12-20-19(15-27)16-28(13-11-18-7-4-3-5-8-18)25(31)23(20)24(30)26-21-9-6-10-22(21)32-2/h3-5,7-8,16,21-22H,6,9-15H2,1-2H3,(H,26,30)/t21-,22-/m1/s1. The molecule has 0 bridgehead atoms. The zero-order valence-electron chi connectivity index (χ0n) is 18.8. The second-order valence-electron chi connectivity index (χ2n) is 8.72. The molecule has 1 fully saturated rings. The second-order valence-corrected chi connectivity index (χ2v) is 8.72. The molecule has 2 atom stereocenters. The van der Waals surface area contributed by atoms with E-state index in [1.807, 2.05) is 36.5 Å². The van der Waals surface area contributed by atoms with E-state index in [1.165, 1.54) is 0 Å². The first-order valence-corrected chi connectivity index (χ1v) is 11.4. The Bertz CT molecular complexity index is 1050. The van der Waals surface area contributed by atoms with E-state index in [9.17, 15) is 14.4 Å². The molecular weight excluding hydrogens is 406 g/mol. The van der Waals surface area contributed by atoms with Gasteiger partial charge in [-0.3, -0.25) is 14.4 Å². The van der Waals surface area contributed by atoms with Crippen molar-refractivity contribution in [3.8, 4) is 0 Å². The molecule has 2 aliphatic rings. The van der Waals surface area contributed by atoms with Crippen LogP contribution in [0.15, 0.2) is 41.3 Å². The van der Waals surface area contributed by atoms with Crippen LogP contribution in [0, 0.1) is 0 Å². The number of nitrogens with zero attached hydrogens (tertiary/aromatic N) is 2. The van der Waals surface area contributed by atoms with Crippen LogP contribution in [0.5, 0.6) is 0 Å². The highest BCUT2D eigenvalue weighted by molar-refractivity contribution is 5.96. The molecule has 170 valence electrons. The van der Waals surface area contributed by atoms with E-state index in [1.54, 1.807) is 23.5 Å². The predicted molar refractivity (Wildman–Crippen MR) is 122 cm³/mol. The average Bonchev–Trinajstić information content (AvgIpc) is 3.24. The summed E-state index contributed by atoms with van der Waals surface area (Å²) in [5.41, 5.74) is 2.73. The van der Waals surface area contributed by atoms with E-state index in [4.69, 9.17) is 4.74 Å². The highest BCUT2D eigenvalue weighted by Crippen LogP contribution is 2.24. The Labute approximate surface area is 188 Å². The van der Waals surface area contributed by atoms with Crippen LogP contribution in [-0.4, -0.2) is 47.1 Å². The summed E-state index contributed by atoms with van der Waals surface area (Å²) >= 11 is 0. The molecule has 0 spiro atoms. The summed E-state index contributed by atoms with van der Waals surface area (Å²) in [6.45, 7) is 2.95. The van der Waals surface area contributed by atoms with Crippen molar-refractivity contribution in [2.75, 3.05) is 13.7 Å². The first kappa shape index (κ1) is 22.3. The average molecular weight is 438 g/mol. The highest BCUT2D eigenvalue weighted by atomic mass is 16.5. The highest BCUT2D eigenvalue weighted by Gasteiger charge is 2.32. The molecule has 2 heterocycles. The van der Waals surface area contributed by atoms with E-state index in [0.29, 0.717) is 32.5 Å². The summed E-state index contributed by atoms with van der Waals surface area (Å²) in [5.74, 6) is -0.330. The Balaban J connectivity index is 1.67. The fourth-order valence-corrected chi connectivity index (χ4v) is 4.89. The molecule has 4 rings (SSSR count). The maximum absolute atomic E-state index is 13.4. The topological polar surface area (TPSA) is 80.6 Å². The van der Waals surface area contributed by atoms with E-state index in [0.717, 1.165) is 36.0 Å². The number of pyridine rings is 1. The van der Waals surface area contributed by atoms with Crippen LogP contribution in [0.25, 0.3) is 0 Å². The number of aromatic nitrogens is 1. The van der Waals surface area contributed by atoms with Crippen molar-refractivity contribution in [3.05, 3.63) is 69.1 Å². The largest absolute Gasteiger partial charge is 0.379 e. The summed E-state index contributed by atoms with van der Waals surface area (Å²) in [7, 11) is 1.66. The number of ether oxygens (including phenoxy) is 1. The number of carbonyl (C=O) groups is 2. The first-order valence-electron chi connectivity index (χ1n) is 11.4. The molecule has 1 saturated carbocycles. The van der Waals surface area contributed by atoms with Crippen molar-refractivity contribution >= 4 is 11.8 Å². The predicted octanol–water partition coefficient (Wildman–Crippen LogP) is 2.29. The van der Waals surface area contributed by atoms with E-state index < -0.39 is 0 Å². The number of hydrogen-bond donors (Lipinski definition) is 1. The van der Waals surface area contributed by atoms with E-state index >= 15 is 0 Å².